The molecule has 3 aliphatic carbocycles. The van der Waals surface area contributed by atoms with Crippen molar-refractivity contribution < 1.29 is 9.53 Å². The lowest BCUT2D eigenvalue weighted by atomic mass is 9.56. The van der Waals surface area contributed by atoms with Gasteiger partial charge in [0.05, 0.1) is 0 Å². The Balaban J connectivity index is 1.54. The van der Waals surface area contributed by atoms with E-state index < -0.39 is 0 Å². The zero-order valence-corrected chi connectivity index (χ0v) is 14.9. The van der Waals surface area contributed by atoms with Gasteiger partial charge in [0, 0.05) is 12.1 Å². The lowest BCUT2D eigenvalue weighted by Gasteiger charge is -2.52. The zero-order chi connectivity index (χ0) is 17.0. The molecular formula is C20H30N2O2. The summed E-state index contributed by atoms with van der Waals surface area (Å²) in [5.41, 5.74) is 1.35. The predicted octanol–water partition coefficient (Wildman–Crippen LogP) is 3.86. The highest BCUT2D eigenvalue weighted by atomic mass is 16.5. The minimum absolute atomic E-state index is 0.0629. The standard InChI is InChI=1S/C20H30N2O2/c1-15(22-19(23)24-14-17-6-4-3-5-7-17)18(21-2)20-11-8-16(9-12-20)10-13-20/h3-7,15-16,18,21H,8-14H2,1-2H3,(H,22,23). The molecule has 0 radical (unpaired) electrons. The molecule has 0 aromatic heterocycles. The van der Waals surface area contributed by atoms with Gasteiger partial charge in [0.2, 0.25) is 0 Å². The zero-order valence-electron chi connectivity index (χ0n) is 14.9. The fourth-order valence-corrected chi connectivity index (χ4v) is 4.87. The van der Waals surface area contributed by atoms with Gasteiger partial charge < -0.3 is 15.4 Å². The molecule has 2 atom stereocenters. The summed E-state index contributed by atoms with van der Waals surface area (Å²) in [6, 6.07) is 10.2. The molecule has 2 N–H and O–H groups in total. The molecule has 3 saturated carbocycles. The van der Waals surface area contributed by atoms with Crippen LogP contribution < -0.4 is 10.6 Å². The minimum Gasteiger partial charge on any atom is -0.445 e. The van der Waals surface area contributed by atoms with E-state index in [-0.39, 0.29) is 12.1 Å². The number of carbonyl (C=O) groups is 1. The Hall–Kier alpha value is -1.55. The second-order valence-electron chi connectivity index (χ2n) is 7.61. The molecule has 1 aromatic carbocycles. The van der Waals surface area contributed by atoms with Gasteiger partial charge in [0.25, 0.3) is 0 Å². The summed E-state index contributed by atoms with van der Waals surface area (Å²) in [5.74, 6) is 0.948. The summed E-state index contributed by atoms with van der Waals surface area (Å²) in [5, 5.41) is 6.55. The number of nitrogens with one attached hydrogen (secondary N) is 2. The molecule has 3 aliphatic rings. The summed E-state index contributed by atoms with van der Waals surface area (Å²) in [4.78, 5) is 12.2. The van der Waals surface area contributed by atoms with Crippen molar-refractivity contribution >= 4 is 6.09 Å². The first kappa shape index (κ1) is 17.3. The van der Waals surface area contributed by atoms with E-state index in [0.717, 1.165) is 11.5 Å². The molecule has 0 saturated heterocycles. The van der Waals surface area contributed by atoms with Gasteiger partial charge in [-0.15, -0.1) is 0 Å². The summed E-state index contributed by atoms with van der Waals surface area (Å²) in [6.45, 7) is 2.41. The molecule has 0 heterocycles. The maximum atomic E-state index is 12.2. The van der Waals surface area contributed by atoms with Crippen molar-refractivity contribution in [3.63, 3.8) is 0 Å². The summed E-state index contributed by atoms with van der Waals surface area (Å²) < 4.78 is 5.38. The topological polar surface area (TPSA) is 50.4 Å². The molecule has 24 heavy (non-hydrogen) atoms. The van der Waals surface area contributed by atoms with Crippen LogP contribution in [0.3, 0.4) is 0 Å². The first-order chi connectivity index (χ1) is 11.6. The van der Waals surface area contributed by atoms with Gasteiger partial charge in [-0.2, -0.15) is 0 Å². The summed E-state index contributed by atoms with van der Waals surface area (Å²) in [6.07, 6.45) is 7.58. The molecule has 2 unspecified atom stereocenters. The van der Waals surface area contributed by atoms with Gasteiger partial charge in [0.15, 0.2) is 0 Å². The second kappa shape index (κ2) is 7.56. The van der Waals surface area contributed by atoms with Crippen LogP contribution in [-0.2, 0) is 11.3 Å². The van der Waals surface area contributed by atoms with Crippen molar-refractivity contribution in [2.45, 2.75) is 64.1 Å². The van der Waals surface area contributed by atoms with Crippen molar-refractivity contribution in [1.29, 1.82) is 0 Å². The van der Waals surface area contributed by atoms with Crippen LogP contribution in [0.4, 0.5) is 4.79 Å². The van der Waals surface area contributed by atoms with Crippen LogP contribution >= 0.6 is 0 Å². The molecule has 0 spiro atoms. The van der Waals surface area contributed by atoms with E-state index in [9.17, 15) is 4.79 Å². The maximum Gasteiger partial charge on any atom is 0.407 e. The van der Waals surface area contributed by atoms with Crippen LogP contribution in [0.2, 0.25) is 0 Å². The Morgan fingerprint density at radius 3 is 2.42 bits per heavy atom. The van der Waals surface area contributed by atoms with Gasteiger partial charge >= 0.3 is 6.09 Å². The van der Waals surface area contributed by atoms with Crippen molar-refractivity contribution in [1.82, 2.24) is 10.6 Å². The molecule has 4 rings (SSSR count). The van der Waals surface area contributed by atoms with E-state index in [1.807, 2.05) is 37.4 Å². The number of rotatable bonds is 6. The number of ether oxygens (including phenoxy) is 1. The molecule has 3 fully saturated rings. The number of hydrogen-bond acceptors (Lipinski definition) is 3. The second-order valence-corrected chi connectivity index (χ2v) is 7.61. The van der Waals surface area contributed by atoms with Crippen molar-refractivity contribution in [2.75, 3.05) is 7.05 Å². The van der Waals surface area contributed by atoms with E-state index in [4.69, 9.17) is 4.74 Å². The normalized spacial score (nSPS) is 28.2. The number of alkyl carbamates (subject to hydrolysis) is 1. The van der Waals surface area contributed by atoms with Crippen molar-refractivity contribution in [3.05, 3.63) is 35.9 Å². The van der Waals surface area contributed by atoms with E-state index >= 15 is 0 Å². The third-order valence-electron chi connectivity index (χ3n) is 6.18. The average molecular weight is 330 g/mol. The monoisotopic (exact) mass is 330 g/mol. The Kier molecular flexibility index (Phi) is 5.44. The average Bonchev–Trinajstić information content (AvgIpc) is 2.63. The van der Waals surface area contributed by atoms with Crippen LogP contribution in [0.5, 0.6) is 0 Å². The lowest BCUT2D eigenvalue weighted by molar-refractivity contribution is 0.0174. The number of likely N-dealkylation sites (N-methyl/N-ethyl adjacent to an activating group) is 1. The first-order valence-corrected chi connectivity index (χ1v) is 9.27. The van der Waals surface area contributed by atoms with Gasteiger partial charge in [-0.1, -0.05) is 30.3 Å². The highest BCUT2D eigenvalue weighted by Gasteiger charge is 2.47. The van der Waals surface area contributed by atoms with E-state index in [1.54, 1.807) is 0 Å². The van der Waals surface area contributed by atoms with E-state index in [0.29, 0.717) is 18.1 Å². The molecule has 1 aromatic rings. The quantitative estimate of drug-likeness (QED) is 0.833. The highest BCUT2D eigenvalue weighted by Crippen LogP contribution is 2.52. The highest BCUT2D eigenvalue weighted by molar-refractivity contribution is 5.67. The third kappa shape index (κ3) is 3.75. The number of amides is 1. The largest absolute Gasteiger partial charge is 0.445 e. The summed E-state index contributed by atoms with van der Waals surface area (Å²) in [7, 11) is 2.02. The smallest absolute Gasteiger partial charge is 0.407 e. The van der Waals surface area contributed by atoms with Crippen LogP contribution in [0, 0.1) is 11.3 Å². The molecule has 4 nitrogen and oxygen atoms in total. The van der Waals surface area contributed by atoms with E-state index in [2.05, 4.69) is 17.6 Å². The number of fused-ring (bicyclic) bond motifs is 3. The fraction of sp³-hybridized carbons (Fsp3) is 0.650. The molecule has 4 heteroatoms. The van der Waals surface area contributed by atoms with E-state index in [1.165, 1.54) is 38.5 Å². The van der Waals surface area contributed by atoms with Gasteiger partial charge in [-0.3, -0.25) is 0 Å². The van der Waals surface area contributed by atoms with Gasteiger partial charge in [-0.25, -0.2) is 4.79 Å². The molecule has 0 aliphatic heterocycles. The number of hydrogen-bond donors (Lipinski definition) is 2. The van der Waals surface area contributed by atoms with Crippen LogP contribution in [-0.4, -0.2) is 25.2 Å². The minimum atomic E-state index is -0.326. The predicted molar refractivity (Wildman–Crippen MR) is 95.7 cm³/mol. The Labute approximate surface area is 145 Å². The fourth-order valence-electron chi connectivity index (χ4n) is 4.87. The summed E-state index contributed by atoms with van der Waals surface area (Å²) >= 11 is 0. The molecule has 1 amide bonds. The number of carbonyl (C=O) groups excluding carboxylic acids is 1. The van der Waals surface area contributed by atoms with Crippen LogP contribution in [0.1, 0.15) is 51.0 Å². The van der Waals surface area contributed by atoms with Crippen LogP contribution in [0.25, 0.3) is 0 Å². The maximum absolute atomic E-state index is 12.2. The van der Waals surface area contributed by atoms with Crippen LogP contribution in [0.15, 0.2) is 30.3 Å². The SMILES string of the molecule is CNC(C(C)NC(=O)OCc1ccccc1)C12CCC(CC1)CC2. The van der Waals surface area contributed by atoms with Gasteiger partial charge in [0.1, 0.15) is 6.61 Å². The Bertz CT molecular complexity index is 524. The van der Waals surface area contributed by atoms with Gasteiger partial charge in [-0.05, 0) is 69.4 Å². The molecular weight excluding hydrogens is 300 g/mol. The Morgan fingerprint density at radius 2 is 1.83 bits per heavy atom. The molecule has 132 valence electrons. The number of benzene rings is 1. The Morgan fingerprint density at radius 1 is 1.21 bits per heavy atom. The van der Waals surface area contributed by atoms with Crippen molar-refractivity contribution in [3.8, 4) is 0 Å². The van der Waals surface area contributed by atoms with Crippen molar-refractivity contribution in [2.24, 2.45) is 11.3 Å². The third-order valence-corrected chi connectivity index (χ3v) is 6.18. The molecule has 2 bridgehead atoms. The first-order valence-electron chi connectivity index (χ1n) is 9.27. The lowest BCUT2D eigenvalue weighted by Crippen LogP contribution is -2.58.